The second kappa shape index (κ2) is 5.20. The molecule has 0 aliphatic rings. The number of methoxy groups -OCH3 is 1. The summed E-state index contributed by atoms with van der Waals surface area (Å²) in [6, 6.07) is 17.9. The molecule has 0 bridgehead atoms. The lowest BCUT2D eigenvalue weighted by Crippen LogP contribution is -1.86. The predicted octanol–water partition coefficient (Wildman–Crippen LogP) is 3.88. The van der Waals surface area contributed by atoms with E-state index in [0.29, 0.717) is 0 Å². The maximum atomic E-state index is 5.35. The quantitative estimate of drug-likeness (QED) is 0.723. The molecule has 0 radical (unpaired) electrons. The van der Waals surface area contributed by atoms with Gasteiger partial charge in [0.2, 0.25) is 0 Å². The van der Waals surface area contributed by atoms with Gasteiger partial charge in [-0.2, -0.15) is 0 Å². The van der Waals surface area contributed by atoms with Crippen LogP contribution in [0.5, 0.6) is 5.75 Å². The topological polar surface area (TPSA) is 35.0 Å². The fourth-order valence-corrected chi connectivity index (χ4v) is 2.73. The second-order valence-electron chi connectivity index (χ2n) is 3.98. The average molecular weight is 268 g/mol. The van der Waals surface area contributed by atoms with E-state index in [1.165, 1.54) is 0 Å². The van der Waals surface area contributed by atoms with Gasteiger partial charge >= 0.3 is 0 Å². The van der Waals surface area contributed by atoms with E-state index in [1.807, 2.05) is 54.6 Å². The number of rotatable bonds is 3. The van der Waals surface area contributed by atoms with E-state index in [9.17, 15) is 0 Å². The standard InChI is InChI=1S/C15H12N2OS/c1-18-13-10-6-5-9-12(13)15-17-16-14(19-15)11-7-3-2-4-8-11/h2-10H,1H3. The Morgan fingerprint density at radius 2 is 1.53 bits per heavy atom. The van der Waals surface area contributed by atoms with Crippen LogP contribution in [0, 0.1) is 0 Å². The molecule has 0 spiro atoms. The molecule has 0 saturated heterocycles. The maximum absolute atomic E-state index is 5.35. The Morgan fingerprint density at radius 3 is 2.32 bits per heavy atom. The minimum absolute atomic E-state index is 0.818. The fourth-order valence-electron chi connectivity index (χ4n) is 1.85. The van der Waals surface area contributed by atoms with Crippen LogP contribution in [-0.4, -0.2) is 17.3 Å². The van der Waals surface area contributed by atoms with Crippen molar-refractivity contribution < 1.29 is 4.74 Å². The first kappa shape index (κ1) is 11.9. The third kappa shape index (κ3) is 2.35. The molecule has 3 aromatic rings. The molecule has 4 heteroatoms. The van der Waals surface area contributed by atoms with Gasteiger partial charge in [-0.15, -0.1) is 10.2 Å². The normalized spacial score (nSPS) is 10.4. The molecule has 1 heterocycles. The van der Waals surface area contributed by atoms with E-state index in [2.05, 4.69) is 10.2 Å². The third-order valence-electron chi connectivity index (χ3n) is 2.78. The third-order valence-corrected chi connectivity index (χ3v) is 3.79. The molecule has 1 aromatic heterocycles. The molecule has 0 fully saturated rings. The Bertz CT molecular complexity index is 679. The van der Waals surface area contributed by atoms with Crippen molar-refractivity contribution in [2.45, 2.75) is 0 Å². The van der Waals surface area contributed by atoms with Crippen LogP contribution in [-0.2, 0) is 0 Å². The molecule has 0 N–H and O–H groups in total. The largest absolute Gasteiger partial charge is 0.496 e. The molecule has 2 aromatic carbocycles. The van der Waals surface area contributed by atoms with Crippen molar-refractivity contribution in [2.75, 3.05) is 7.11 Å². The summed E-state index contributed by atoms with van der Waals surface area (Å²) in [5.41, 5.74) is 2.06. The minimum Gasteiger partial charge on any atom is -0.496 e. The highest BCUT2D eigenvalue weighted by molar-refractivity contribution is 7.18. The van der Waals surface area contributed by atoms with Crippen LogP contribution in [0.3, 0.4) is 0 Å². The van der Waals surface area contributed by atoms with Crippen LogP contribution in [0.1, 0.15) is 0 Å². The Kier molecular flexibility index (Phi) is 3.25. The van der Waals surface area contributed by atoms with E-state index in [-0.39, 0.29) is 0 Å². The molecule has 0 saturated carbocycles. The van der Waals surface area contributed by atoms with E-state index in [0.717, 1.165) is 26.9 Å². The first-order valence-electron chi connectivity index (χ1n) is 5.91. The smallest absolute Gasteiger partial charge is 0.151 e. The Balaban J connectivity index is 2.02. The van der Waals surface area contributed by atoms with Gasteiger partial charge in [0.1, 0.15) is 10.8 Å². The van der Waals surface area contributed by atoms with Crippen LogP contribution in [0.4, 0.5) is 0 Å². The van der Waals surface area contributed by atoms with E-state index >= 15 is 0 Å². The number of nitrogens with zero attached hydrogens (tertiary/aromatic N) is 2. The second-order valence-corrected chi connectivity index (χ2v) is 4.96. The lowest BCUT2D eigenvalue weighted by molar-refractivity contribution is 0.416. The van der Waals surface area contributed by atoms with Crippen molar-refractivity contribution in [3.8, 4) is 26.9 Å². The molecule has 0 aliphatic heterocycles. The molecule has 0 unspecified atom stereocenters. The molecular weight excluding hydrogens is 256 g/mol. The number of para-hydroxylation sites is 1. The monoisotopic (exact) mass is 268 g/mol. The lowest BCUT2D eigenvalue weighted by atomic mass is 10.2. The van der Waals surface area contributed by atoms with Gasteiger partial charge in [-0.05, 0) is 12.1 Å². The van der Waals surface area contributed by atoms with Crippen LogP contribution in [0.2, 0.25) is 0 Å². The van der Waals surface area contributed by atoms with Crippen molar-refractivity contribution in [1.82, 2.24) is 10.2 Å². The molecule has 0 atom stereocenters. The van der Waals surface area contributed by atoms with Crippen molar-refractivity contribution in [2.24, 2.45) is 0 Å². The summed E-state index contributed by atoms with van der Waals surface area (Å²) >= 11 is 1.57. The maximum Gasteiger partial charge on any atom is 0.151 e. The summed E-state index contributed by atoms with van der Waals surface area (Å²) in [7, 11) is 1.66. The molecule has 19 heavy (non-hydrogen) atoms. The molecule has 0 aliphatic carbocycles. The number of hydrogen-bond donors (Lipinski definition) is 0. The highest BCUT2D eigenvalue weighted by Gasteiger charge is 2.11. The highest BCUT2D eigenvalue weighted by atomic mass is 32.1. The van der Waals surface area contributed by atoms with Crippen LogP contribution >= 0.6 is 11.3 Å². The zero-order valence-electron chi connectivity index (χ0n) is 10.4. The summed E-state index contributed by atoms with van der Waals surface area (Å²) in [4.78, 5) is 0. The van der Waals surface area contributed by atoms with Crippen molar-refractivity contribution in [3.63, 3.8) is 0 Å². The molecule has 3 nitrogen and oxygen atoms in total. The summed E-state index contributed by atoms with van der Waals surface area (Å²) in [5, 5.41) is 10.3. The number of aromatic nitrogens is 2. The summed E-state index contributed by atoms with van der Waals surface area (Å²) in [6.07, 6.45) is 0. The van der Waals surface area contributed by atoms with Crippen molar-refractivity contribution >= 4 is 11.3 Å². The van der Waals surface area contributed by atoms with Crippen molar-refractivity contribution in [3.05, 3.63) is 54.6 Å². The Morgan fingerprint density at radius 1 is 0.842 bits per heavy atom. The molecule has 0 amide bonds. The van der Waals surface area contributed by atoms with Gasteiger partial charge in [0.15, 0.2) is 5.01 Å². The average Bonchev–Trinajstić information content (AvgIpc) is 2.98. The van der Waals surface area contributed by atoms with E-state index < -0.39 is 0 Å². The lowest BCUT2D eigenvalue weighted by Gasteiger charge is -2.03. The van der Waals surface area contributed by atoms with Gasteiger partial charge < -0.3 is 4.74 Å². The number of hydrogen-bond acceptors (Lipinski definition) is 4. The first-order chi connectivity index (χ1) is 9.38. The van der Waals surface area contributed by atoms with Gasteiger partial charge in [0, 0.05) is 5.56 Å². The number of benzene rings is 2. The fraction of sp³-hybridized carbons (Fsp3) is 0.0667. The van der Waals surface area contributed by atoms with Crippen LogP contribution < -0.4 is 4.74 Å². The first-order valence-corrected chi connectivity index (χ1v) is 6.72. The minimum atomic E-state index is 0.818. The van der Waals surface area contributed by atoms with Gasteiger partial charge in [0.25, 0.3) is 0 Å². The summed E-state index contributed by atoms with van der Waals surface area (Å²) in [5.74, 6) is 0.818. The summed E-state index contributed by atoms with van der Waals surface area (Å²) < 4.78 is 5.35. The summed E-state index contributed by atoms with van der Waals surface area (Å²) in [6.45, 7) is 0. The Labute approximate surface area is 115 Å². The van der Waals surface area contributed by atoms with Crippen LogP contribution in [0.25, 0.3) is 21.1 Å². The predicted molar refractivity (Wildman–Crippen MR) is 77.3 cm³/mol. The molecule has 94 valence electrons. The van der Waals surface area contributed by atoms with Gasteiger partial charge in [-0.1, -0.05) is 53.8 Å². The SMILES string of the molecule is COc1ccccc1-c1nnc(-c2ccccc2)s1. The van der Waals surface area contributed by atoms with Gasteiger partial charge in [0.05, 0.1) is 12.7 Å². The molecular formula is C15H12N2OS. The zero-order chi connectivity index (χ0) is 13.1. The zero-order valence-corrected chi connectivity index (χ0v) is 11.2. The van der Waals surface area contributed by atoms with E-state index in [1.54, 1.807) is 18.4 Å². The van der Waals surface area contributed by atoms with E-state index in [4.69, 9.17) is 4.74 Å². The van der Waals surface area contributed by atoms with Gasteiger partial charge in [-0.25, -0.2) is 0 Å². The molecule has 3 rings (SSSR count). The van der Waals surface area contributed by atoms with Gasteiger partial charge in [-0.3, -0.25) is 0 Å². The highest BCUT2D eigenvalue weighted by Crippen LogP contribution is 2.34. The van der Waals surface area contributed by atoms with Crippen molar-refractivity contribution in [1.29, 1.82) is 0 Å². The van der Waals surface area contributed by atoms with Crippen LogP contribution in [0.15, 0.2) is 54.6 Å². The Hall–Kier alpha value is -2.20. The number of ether oxygens (including phenoxy) is 1.